The lowest BCUT2D eigenvalue weighted by molar-refractivity contribution is -0.146. The number of nitrogens with zero attached hydrogens (tertiary/aromatic N) is 4. The molecule has 0 unspecified atom stereocenters. The fourth-order valence-electron chi connectivity index (χ4n) is 3.68. The minimum absolute atomic E-state index is 0.0794. The number of ether oxygens (including phenoxy) is 1. The van der Waals surface area contributed by atoms with E-state index in [2.05, 4.69) is 5.10 Å². The summed E-state index contributed by atoms with van der Waals surface area (Å²) in [5.41, 5.74) is 0.0419. The molecular weight excluding hydrogens is 296 g/mol. The summed E-state index contributed by atoms with van der Waals surface area (Å²) in [7, 11) is 3.44. The Morgan fingerprint density at radius 1 is 1.39 bits per heavy atom. The second-order valence-corrected chi connectivity index (χ2v) is 6.52. The second-order valence-electron chi connectivity index (χ2n) is 6.52. The minimum Gasteiger partial charge on any atom is -0.383 e. The highest BCUT2D eigenvalue weighted by Gasteiger charge is 2.49. The Morgan fingerprint density at radius 3 is 2.91 bits per heavy atom. The van der Waals surface area contributed by atoms with Crippen LogP contribution in [0.25, 0.3) is 0 Å². The van der Waals surface area contributed by atoms with E-state index in [0.29, 0.717) is 31.9 Å². The van der Waals surface area contributed by atoms with E-state index in [-0.39, 0.29) is 11.8 Å². The van der Waals surface area contributed by atoms with Crippen molar-refractivity contribution in [1.29, 1.82) is 0 Å². The van der Waals surface area contributed by atoms with Crippen LogP contribution in [0.4, 0.5) is 0 Å². The molecule has 3 rings (SSSR count). The summed E-state index contributed by atoms with van der Waals surface area (Å²) in [5, 5.41) is 4.18. The van der Waals surface area contributed by atoms with Gasteiger partial charge < -0.3 is 14.5 Å². The fraction of sp³-hybridized carbons (Fsp3) is 0.688. The molecule has 1 spiro atoms. The molecule has 0 bridgehead atoms. The molecule has 2 saturated heterocycles. The molecule has 2 amide bonds. The molecular formula is C16H24N4O3. The van der Waals surface area contributed by atoms with Crippen LogP contribution in [0.2, 0.25) is 0 Å². The van der Waals surface area contributed by atoms with Crippen molar-refractivity contribution in [3.63, 3.8) is 0 Å². The fourth-order valence-corrected chi connectivity index (χ4v) is 3.68. The third-order valence-corrected chi connectivity index (χ3v) is 4.96. The molecule has 2 aliphatic heterocycles. The predicted octanol–water partition coefficient (Wildman–Crippen LogP) is 0.521. The Kier molecular flexibility index (Phi) is 4.39. The van der Waals surface area contributed by atoms with Gasteiger partial charge in [-0.15, -0.1) is 0 Å². The van der Waals surface area contributed by atoms with Crippen LogP contribution in [0.1, 0.15) is 29.8 Å². The van der Waals surface area contributed by atoms with Gasteiger partial charge in [0, 0.05) is 46.5 Å². The maximum Gasteiger partial charge on any atom is 0.274 e. The van der Waals surface area contributed by atoms with Gasteiger partial charge in [0.25, 0.3) is 5.91 Å². The number of rotatable bonds is 4. The van der Waals surface area contributed by atoms with Gasteiger partial charge in [0.2, 0.25) is 5.91 Å². The van der Waals surface area contributed by atoms with Crippen LogP contribution in [0.15, 0.2) is 12.3 Å². The summed E-state index contributed by atoms with van der Waals surface area (Å²) < 4.78 is 6.72. The maximum absolute atomic E-state index is 12.9. The van der Waals surface area contributed by atoms with Crippen LogP contribution in [0.5, 0.6) is 0 Å². The first-order valence-corrected chi connectivity index (χ1v) is 8.13. The molecule has 0 N–H and O–H groups in total. The number of amides is 2. The van der Waals surface area contributed by atoms with Crippen LogP contribution in [0, 0.1) is 5.41 Å². The summed E-state index contributed by atoms with van der Waals surface area (Å²) in [6, 6.07) is 1.72. The molecule has 7 heteroatoms. The summed E-state index contributed by atoms with van der Waals surface area (Å²) in [6.45, 7) is 3.10. The molecule has 2 aliphatic rings. The predicted molar refractivity (Wildman–Crippen MR) is 83.9 cm³/mol. The molecule has 1 aromatic rings. The van der Waals surface area contributed by atoms with Gasteiger partial charge in [-0.25, -0.2) is 0 Å². The molecule has 1 aromatic heterocycles. The highest BCUT2D eigenvalue weighted by molar-refractivity contribution is 5.93. The van der Waals surface area contributed by atoms with E-state index in [1.54, 1.807) is 36.0 Å². The van der Waals surface area contributed by atoms with Crippen molar-refractivity contribution in [3.8, 4) is 0 Å². The normalized spacial score (nSPS) is 24.7. The van der Waals surface area contributed by atoms with Crippen molar-refractivity contribution in [2.24, 2.45) is 12.5 Å². The number of hydrogen-bond donors (Lipinski definition) is 0. The van der Waals surface area contributed by atoms with E-state index in [1.807, 2.05) is 4.90 Å². The van der Waals surface area contributed by atoms with Crippen molar-refractivity contribution in [2.75, 3.05) is 39.9 Å². The SMILES string of the molecule is COCCN1CCC[C@@]2(CCN(C(=O)c3ccn(C)n3)C2)C1=O. The monoisotopic (exact) mass is 320 g/mol. The van der Waals surface area contributed by atoms with Gasteiger partial charge in [0.15, 0.2) is 0 Å². The third-order valence-electron chi connectivity index (χ3n) is 4.96. The zero-order valence-corrected chi connectivity index (χ0v) is 13.8. The first kappa shape index (κ1) is 16.0. The van der Waals surface area contributed by atoms with E-state index in [1.165, 1.54) is 0 Å². The molecule has 2 fully saturated rings. The molecule has 0 aromatic carbocycles. The molecule has 7 nitrogen and oxygen atoms in total. The topological polar surface area (TPSA) is 67.7 Å². The number of likely N-dealkylation sites (tertiary alicyclic amines) is 2. The van der Waals surface area contributed by atoms with Crippen molar-refractivity contribution in [2.45, 2.75) is 19.3 Å². The van der Waals surface area contributed by atoms with E-state index in [0.717, 1.165) is 25.8 Å². The molecule has 126 valence electrons. The van der Waals surface area contributed by atoms with E-state index in [9.17, 15) is 9.59 Å². The standard InChI is InChI=1S/C16H24N4O3/c1-18-8-4-13(17-18)14(21)20-9-6-16(12-20)5-3-7-19(15(16)22)10-11-23-2/h4,8H,3,5-7,9-12H2,1-2H3/t16-/m0/s1. The molecule has 23 heavy (non-hydrogen) atoms. The molecule has 1 atom stereocenters. The number of aromatic nitrogens is 2. The van der Waals surface area contributed by atoms with Gasteiger partial charge in [-0.3, -0.25) is 14.3 Å². The number of carbonyl (C=O) groups excluding carboxylic acids is 2. The summed E-state index contributed by atoms with van der Waals surface area (Å²) in [6.07, 6.45) is 4.35. The largest absolute Gasteiger partial charge is 0.383 e. The first-order valence-electron chi connectivity index (χ1n) is 8.13. The van der Waals surface area contributed by atoms with Crippen LogP contribution in [0.3, 0.4) is 0 Å². The van der Waals surface area contributed by atoms with Crippen molar-refractivity contribution in [1.82, 2.24) is 19.6 Å². The Bertz CT molecular complexity index is 600. The van der Waals surface area contributed by atoms with Crippen LogP contribution < -0.4 is 0 Å². The first-order chi connectivity index (χ1) is 11.1. The van der Waals surface area contributed by atoms with E-state index < -0.39 is 5.41 Å². The van der Waals surface area contributed by atoms with Crippen molar-refractivity contribution in [3.05, 3.63) is 18.0 Å². The third kappa shape index (κ3) is 2.97. The zero-order chi connectivity index (χ0) is 16.4. The quantitative estimate of drug-likeness (QED) is 0.811. The lowest BCUT2D eigenvalue weighted by Gasteiger charge is -2.39. The Labute approximate surface area is 136 Å². The number of piperidine rings is 1. The lowest BCUT2D eigenvalue weighted by atomic mass is 9.78. The Hall–Kier alpha value is -1.89. The highest BCUT2D eigenvalue weighted by Crippen LogP contribution is 2.40. The average molecular weight is 320 g/mol. The second kappa shape index (κ2) is 6.31. The van der Waals surface area contributed by atoms with Gasteiger partial charge in [-0.1, -0.05) is 0 Å². The van der Waals surface area contributed by atoms with Crippen LogP contribution in [-0.2, 0) is 16.6 Å². The maximum atomic E-state index is 12.9. The van der Waals surface area contributed by atoms with Crippen molar-refractivity contribution < 1.29 is 14.3 Å². The molecule has 3 heterocycles. The van der Waals surface area contributed by atoms with Gasteiger partial charge in [-0.05, 0) is 25.3 Å². The van der Waals surface area contributed by atoms with Gasteiger partial charge in [-0.2, -0.15) is 5.10 Å². The highest BCUT2D eigenvalue weighted by atomic mass is 16.5. The van der Waals surface area contributed by atoms with E-state index >= 15 is 0 Å². The average Bonchev–Trinajstić information content (AvgIpc) is 3.16. The Morgan fingerprint density at radius 2 is 2.22 bits per heavy atom. The van der Waals surface area contributed by atoms with Gasteiger partial charge >= 0.3 is 0 Å². The number of methoxy groups -OCH3 is 1. The molecule has 0 aliphatic carbocycles. The summed E-state index contributed by atoms with van der Waals surface area (Å²) in [5.74, 6) is 0.0985. The van der Waals surface area contributed by atoms with Crippen LogP contribution in [-0.4, -0.2) is 71.3 Å². The van der Waals surface area contributed by atoms with Gasteiger partial charge in [0.1, 0.15) is 5.69 Å². The lowest BCUT2D eigenvalue weighted by Crippen LogP contribution is -2.51. The number of aryl methyl sites for hydroxylation is 1. The van der Waals surface area contributed by atoms with Crippen molar-refractivity contribution >= 4 is 11.8 Å². The van der Waals surface area contributed by atoms with Gasteiger partial charge in [0.05, 0.1) is 12.0 Å². The Balaban J connectivity index is 1.70. The number of carbonyl (C=O) groups is 2. The minimum atomic E-state index is -0.406. The zero-order valence-electron chi connectivity index (χ0n) is 13.8. The summed E-state index contributed by atoms with van der Waals surface area (Å²) >= 11 is 0. The molecule has 0 saturated carbocycles. The smallest absolute Gasteiger partial charge is 0.274 e. The van der Waals surface area contributed by atoms with Crippen LogP contribution >= 0.6 is 0 Å². The van der Waals surface area contributed by atoms with E-state index in [4.69, 9.17) is 4.74 Å². The molecule has 0 radical (unpaired) electrons. The summed E-state index contributed by atoms with van der Waals surface area (Å²) in [4.78, 5) is 29.1. The number of hydrogen-bond acceptors (Lipinski definition) is 4.